The van der Waals surface area contributed by atoms with E-state index in [1.54, 1.807) is 13.0 Å². The molecule has 0 saturated heterocycles. The Bertz CT molecular complexity index is 625. The molecule has 21 heavy (non-hydrogen) atoms. The molecule has 0 saturated carbocycles. The molecule has 112 valence electrons. The van der Waals surface area contributed by atoms with Crippen molar-refractivity contribution in [3.05, 3.63) is 68.9 Å². The summed E-state index contributed by atoms with van der Waals surface area (Å²) in [5.74, 6) is -0.150. The molecule has 0 aliphatic heterocycles. The highest BCUT2D eigenvalue weighted by Crippen LogP contribution is 2.28. The molecule has 2 aromatic carbocycles. The minimum absolute atomic E-state index is 0.0116. The first-order valence-corrected chi connectivity index (χ1v) is 8.07. The van der Waals surface area contributed by atoms with Crippen molar-refractivity contribution in [2.24, 2.45) is 0 Å². The van der Waals surface area contributed by atoms with E-state index in [0.717, 1.165) is 23.0 Å². The number of benzene rings is 2. The second kappa shape index (κ2) is 7.19. The molecular weight excluding hydrogens is 329 g/mol. The van der Waals surface area contributed by atoms with E-state index < -0.39 is 0 Å². The summed E-state index contributed by atoms with van der Waals surface area (Å²) in [6.45, 7) is 6.91. The van der Waals surface area contributed by atoms with Crippen LogP contribution in [0.1, 0.15) is 41.6 Å². The second-order valence-electron chi connectivity index (χ2n) is 5.40. The zero-order valence-corrected chi connectivity index (χ0v) is 14.3. The van der Waals surface area contributed by atoms with Gasteiger partial charge in [0.1, 0.15) is 5.82 Å². The molecule has 1 atom stereocenters. The van der Waals surface area contributed by atoms with Crippen LogP contribution in [0.2, 0.25) is 0 Å². The molecule has 0 aliphatic rings. The van der Waals surface area contributed by atoms with Crippen molar-refractivity contribution >= 4 is 15.9 Å². The molecular formula is C18H21BrFN. The standard InChI is InChI=1S/C18H21BrFN/c1-4-9-21-18(14-7-5-13(3)17(20)10-14)16-11-15(19)8-6-12(16)2/h5-8,10-11,18,21H,4,9H2,1-3H3. The predicted molar refractivity (Wildman–Crippen MR) is 90.2 cm³/mol. The molecule has 0 fully saturated rings. The summed E-state index contributed by atoms with van der Waals surface area (Å²) < 4.78 is 15.0. The fourth-order valence-electron chi connectivity index (χ4n) is 2.41. The first-order chi connectivity index (χ1) is 10.0. The lowest BCUT2D eigenvalue weighted by atomic mass is 9.94. The third-order valence-corrected chi connectivity index (χ3v) is 4.17. The number of rotatable bonds is 5. The number of nitrogens with one attached hydrogen (secondary N) is 1. The Hall–Kier alpha value is -1.19. The van der Waals surface area contributed by atoms with Crippen LogP contribution in [0.5, 0.6) is 0 Å². The molecule has 3 heteroatoms. The average Bonchev–Trinajstić information content (AvgIpc) is 2.46. The lowest BCUT2D eigenvalue weighted by Gasteiger charge is -2.22. The second-order valence-corrected chi connectivity index (χ2v) is 6.31. The molecule has 1 N–H and O–H groups in total. The Balaban J connectivity index is 2.46. The summed E-state index contributed by atoms with van der Waals surface area (Å²) in [7, 11) is 0. The van der Waals surface area contributed by atoms with Gasteiger partial charge >= 0.3 is 0 Å². The Kier molecular flexibility index (Phi) is 5.54. The maximum Gasteiger partial charge on any atom is 0.126 e. The van der Waals surface area contributed by atoms with E-state index in [2.05, 4.69) is 47.2 Å². The zero-order chi connectivity index (χ0) is 15.4. The van der Waals surface area contributed by atoms with Crippen LogP contribution in [0.3, 0.4) is 0 Å². The van der Waals surface area contributed by atoms with E-state index >= 15 is 0 Å². The topological polar surface area (TPSA) is 12.0 Å². The van der Waals surface area contributed by atoms with Crippen molar-refractivity contribution in [3.63, 3.8) is 0 Å². The Morgan fingerprint density at radius 2 is 1.81 bits per heavy atom. The smallest absolute Gasteiger partial charge is 0.126 e. The third-order valence-electron chi connectivity index (χ3n) is 3.68. The number of aryl methyl sites for hydroxylation is 2. The highest BCUT2D eigenvalue weighted by atomic mass is 79.9. The van der Waals surface area contributed by atoms with Gasteiger partial charge in [-0.15, -0.1) is 0 Å². The fraction of sp³-hybridized carbons (Fsp3) is 0.333. The summed E-state index contributed by atoms with van der Waals surface area (Å²) in [5, 5.41) is 3.53. The van der Waals surface area contributed by atoms with Crippen LogP contribution in [0.25, 0.3) is 0 Å². The molecule has 1 nitrogen and oxygen atoms in total. The maximum absolute atomic E-state index is 13.9. The number of hydrogen-bond donors (Lipinski definition) is 1. The van der Waals surface area contributed by atoms with Crippen molar-refractivity contribution in [2.75, 3.05) is 6.54 Å². The van der Waals surface area contributed by atoms with Crippen LogP contribution in [0, 0.1) is 19.7 Å². The zero-order valence-electron chi connectivity index (χ0n) is 12.7. The highest BCUT2D eigenvalue weighted by molar-refractivity contribution is 9.10. The molecule has 1 unspecified atom stereocenters. The Morgan fingerprint density at radius 3 is 2.48 bits per heavy atom. The van der Waals surface area contributed by atoms with Crippen LogP contribution >= 0.6 is 15.9 Å². The van der Waals surface area contributed by atoms with Gasteiger partial charge in [0.2, 0.25) is 0 Å². The monoisotopic (exact) mass is 349 g/mol. The van der Waals surface area contributed by atoms with E-state index in [0.29, 0.717) is 5.56 Å². The van der Waals surface area contributed by atoms with Crippen molar-refractivity contribution in [2.45, 2.75) is 33.2 Å². The number of halogens is 2. The van der Waals surface area contributed by atoms with Gasteiger partial charge in [-0.25, -0.2) is 4.39 Å². The van der Waals surface area contributed by atoms with E-state index in [-0.39, 0.29) is 11.9 Å². The van der Waals surface area contributed by atoms with Gasteiger partial charge in [-0.2, -0.15) is 0 Å². The molecule has 0 radical (unpaired) electrons. The van der Waals surface area contributed by atoms with Gasteiger partial charge in [-0.3, -0.25) is 0 Å². The van der Waals surface area contributed by atoms with Crippen molar-refractivity contribution < 1.29 is 4.39 Å². The Morgan fingerprint density at radius 1 is 1.10 bits per heavy atom. The minimum atomic E-state index is -0.150. The minimum Gasteiger partial charge on any atom is -0.306 e. The van der Waals surface area contributed by atoms with Crippen molar-refractivity contribution in [1.29, 1.82) is 0 Å². The Labute approximate surface area is 134 Å². The number of hydrogen-bond acceptors (Lipinski definition) is 1. The molecule has 2 aromatic rings. The summed E-state index contributed by atoms with van der Waals surface area (Å²) in [4.78, 5) is 0. The van der Waals surface area contributed by atoms with Gasteiger partial charge in [0.05, 0.1) is 6.04 Å². The van der Waals surface area contributed by atoms with Crippen LogP contribution in [0.4, 0.5) is 4.39 Å². The summed E-state index contributed by atoms with van der Waals surface area (Å²) >= 11 is 3.53. The average molecular weight is 350 g/mol. The lowest BCUT2D eigenvalue weighted by molar-refractivity contribution is 0.581. The van der Waals surface area contributed by atoms with Gasteiger partial charge in [0.25, 0.3) is 0 Å². The molecule has 0 spiro atoms. The van der Waals surface area contributed by atoms with Crippen LogP contribution in [-0.4, -0.2) is 6.54 Å². The maximum atomic E-state index is 13.9. The van der Waals surface area contributed by atoms with Gasteiger partial charge in [0.15, 0.2) is 0 Å². The van der Waals surface area contributed by atoms with Crippen molar-refractivity contribution in [1.82, 2.24) is 5.32 Å². The normalized spacial score (nSPS) is 12.4. The van der Waals surface area contributed by atoms with E-state index in [4.69, 9.17) is 0 Å². The predicted octanol–water partition coefficient (Wildman–Crippen LogP) is 5.29. The van der Waals surface area contributed by atoms with Crippen LogP contribution in [0.15, 0.2) is 40.9 Å². The van der Waals surface area contributed by atoms with Crippen molar-refractivity contribution in [3.8, 4) is 0 Å². The lowest BCUT2D eigenvalue weighted by Crippen LogP contribution is -2.24. The quantitative estimate of drug-likeness (QED) is 0.772. The molecule has 0 amide bonds. The first kappa shape index (κ1) is 16.2. The van der Waals surface area contributed by atoms with E-state index in [1.165, 1.54) is 11.1 Å². The SMILES string of the molecule is CCCNC(c1ccc(C)c(F)c1)c1cc(Br)ccc1C. The van der Waals surface area contributed by atoms with Gasteiger partial charge < -0.3 is 5.32 Å². The van der Waals surface area contributed by atoms with Crippen LogP contribution in [-0.2, 0) is 0 Å². The summed E-state index contributed by atoms with van der Waals surface area (Å²) in [6, 6.07) is 11.7. The first-order valence-electron chi connectivity index (χ1n) is 7.28. The third kappa shape index (κ3) is 3.92. The summed E-state index contributed by atoms with van der Waals surface area (Å²) in [6.07, 6.45) is 1.04. The molecule has 0 heterocycles. The summed E-state index contributed by atoms with van der Waals surface area (Å²) in [5.41, 5.74) is 4.03. The fourth-order valence-corrected chi connectivity index (χ4v) is 2.79. The van der Waals surface area contributed by atoms with Gasteiger partial charge in [0, 0.05) is 4.47 Å². The molecule has 2 rings (SSSR count). The van der Waals surface area contributed by atoms with E-state index in [9.17, 15) is 4.39 Å². The highest BCUT2D eigenvalue weighted by Gasteiger charge is 2.17. The van der Waals surface area contributed by atoms with Gasteiger partial charge in [-0.1, -0.05) is 41.1 Å². The molecule has 0 aliphatic carbocycles. The van der Waals surface area contributed by atoms with E-state index in [1.807, 2.05) is 18.2 Å². The van der Waals surface area contributed by atoms with Crippen LogP contribution < -0.4 is 5.32 Å². The molecule has 0 bridgehead atoms. The van der Waals surface area contributed by atoms with Gasteiger partial charge in [-0.05, 0) is 67.3 Å². The molecule has 0 aromatic heterocycles. The largest absolute Gasteiger partial charge is 0.306 e.